The monoisotopic (exact) mass is 320 g/mol. The highest BCUT2D eigenvalue weighted by Crippen LogP contribution is 2.30. The van der Waals surface area contributed by atoms with Gasteiger partial charge in [0.25, 0.3) is 0 Å². The molecule has 2 rings (SSSR count). The topological polar surface area (TPSA) is 38.5 Å². The Balaban J connectivity index is 0.00000220. The summed E-state index contributed by atoms with van der Waals surface area (Å²) < 4.78 is 29.4. The molecule has 2 N–H and O–H groups in total. The Morgan fingerprint density at radius 3 is 2.67 bits per heavy atom. The number of piperidine rings is 1. The number of nitrogens with two attached hydrogens (primary N) is 1. The van der Waals surface area contributed by atoms with Crippen molar-refractivity contribution in [2.24, 2.45) is 11.1 Å². The largest absolute Gasteiger partial charge is 0.434 e. The van der Waals surface area contributed by atoms with Crippen molar-refractivity contribution in [3.8, 4) is 5.75 Å². The molecular weight excluding hydrogens is 298 g/mol. The third-order valence-electron chi connectivity index (χ3n) is 3.97. The summed E-state index contributed by atoms with van der Waals surface area (Å²) in [5.74, 6) is 0.259. The van der Waals surface area contributed by atoms with Gasteiger partial charge in [-0.1, -0.05) is 32.0 Å². The molecule has 0 spiro atoms. The van der Waals surface area contributed by atoms with Gasteiger partial charge in [0.2, 0.25) is 0 Å². The molecule has 1 aromatic carbocycles. The molecule has 1 fully saturated rings. The highest BCUT2D eigenvalue weighted by molar-refractivity contribution is 5.85. The molecule has 120 valence electrons. The summed E-state index contributed by atoms with van der Waals surface area (Å²) in [7, 11) is 0. The molecule has 0 amide bonds. The molecule has 1 heterocycles. The predicted octanol–water partition coefficient (Wildman–Crippen LogP) is 3.27. The van der Waals surface area contributed by atoms with Crippen LogP contribution in [0.4, 0.5) is 8.78 Å². The zero-order valence-electron chi connectivity index (χ0n) is 12.4. The minimum Gasteiger partial charge on any atom is -0.434 e. The van der Waals surface area contributed by atoms with Gasteiger partial charge in [-0.05, 0) is 17.9 Å². The Kier molecular flexibility index (Phi) is 6.38. The quantitative estimate of drug-likeness (QED) is 0.925. The van der Waals surface area contributed by atoms with Crippen LogP contribution in [0.5, 0.6) is 5.75 Å². The lowest BCUT2D eigenvalue weighted by molar-refractivity contribution is -0.0510. The van der Waals surface area contributed by atoms with E-state index in [0.29, 0.717) is 6.54 Å². The van der Waals surface area contributed by atoms with E-state index in [-0.39, 0.29) is 29.6 Å². The van der Waals surface area contributed by atoms with E-state index in [2.05, 4.69) is 23.5 Å². The zero-order valence-corrected chi connectivity index (χ0v) is 13.2. The van der Waals surface area contributed by atoms with Crippen LogP contribution >= 0.6 is 12.4 Å². The molecule has 1 aliphatic heterocycles. The van der Waals surface area contributed by atoms with Gasteiger partial charge in [0.15, 0.2) is 0 Å². The number of alkyl halides is 2. The number of likely N-dealkylation sites (tertiary alicyclic amines) is 1. The summed E-state index contributed by atoms with van der Waals surface area (Å²) in [6.07, 6.45) is 0.921. The number of benzene rings is 1. The van der Waals surface area contributed by atoms with Crippen molar-refractivity contribution in [1.29, 1.82) is 0 Å². The second-order valence-electron chi connectivity index (χ2n) is 6.08. The summed E-state index contributed by atoms with van der Waals surface area (Å²) >= 11 is 0. The van der Waals surface area contributed by atoms with Crippen LogP contribution in [-0.4, -0.2) is 30.6 Å². The lowest BCUT2D eigenvalue weighted by Crippen LogP contribution is -2.52. The van der Waals surface area contributed by atoms with Crippen LogP contribution < -0.4 is 10.5 Å². The second-order valence-corrected chi connectivity index (χ2v) is 6.08. The first-order chi connectivity index (χ1) is 9.38. The molecule has 6 heteroatoms. The van der Waals surface area contributed by atoms with Gasteiger partial charge in [-0.3, -0.25) is 4.90 Å². The van der Waals surface area contributed by atoms with E-state index in [1.165, 1.54) is 0 Å². The van der Waals surface area contributed by atoms with Gasteiger partial charge in [0.05, 0.1) is 0 Å². The van der Waals surface area contributed by atoms with Crippen molar-refractivity contribution < 1.29 is 13.5 Å². The Hall–Kier alpha value is -0.910. The molecule has 0 radical (unpaired) electrons. The molecule has 0 aromatic heterocycles. The van der Waals surface area contributed by atoms with Crippen molar-refractivity contribution in [3.63, 3.8) is 0 Å². The van der Waals surface area contributed by atoms with Crippen molar-refractivity contribution in [2.75, 3.05) is 13.1 Å². The van der Waals surface area contributed by atoms with Crippen molar-refractivity contribution in [1.82, 2.24) is 4.90 Å². The van der Waals surface area contributed by atoms with Crippen LogP contribution in [0.3, 0.4) is 0 Å². The van der Waals surface area contributed by atoms with E-state index < -0.39 is 6.61 Å². The number of ether oxygens (including phenoxy) is 1. The summed E-state index contributed by atoms with van der Waals surface area (Å²) in [4.78, 5) is 2.25. The standard InChI is InChI=1S/C15H22F2N2O.ClH/c1-15(2)10-19(8-7-13(15)18)9-11-5-3-4-6-12(11)20-14(16)17;/h3-6,13-14H,7-10,18H2,1-2H3;1H. The van der Waals surface area contributed by atoms with E-state index in [4.69, 9.17) is 5.73 Å². The van der Waals surface area contributed by atoms with E-state index in [1.54, 1.807) is 12.1 Å². The van der Waals surface area contributed by atoms with Crippen LogP contribution in [0.1, 0.15) is 25.8 Å². The lowest BCUT2D eigenvalue weighted by Gasteiger charge is -2.42. The number of hydrogen-bond acceptors (Lipinski definition) is 3. The normalized spacial score (nSPS) is 21.9. The third kappa shape index (κ3) is 4.80. The minimum atomic E-state index is -2.79. The number of rotatable bonds is 4. The Morgan fingerprint density at radius 1 is 1.38 bits per heavy atom. The first kappa shape index (κ1) is 18.1. The number of hydrogen-bond donors (Lipinski definition) is 1. The zero-order chi connectivity index (χ0) is 14.8. The minimum absolute atomic E-state index is 0. The summed E-state index contributed by atoms with van der Waals surface area (Å²) in [6.45, 7) is 3.85. The molecule has 1 saturated heterocycles. The average molecular weight is 321 g/mol. The molecule has 1 aromatic rings. The molecule has 21 heavy (non-hydrogen) atoms. The van der Waals surface area contributed by atoms with Crippen LogP contribution in [0.2, 0.25) is 0 Å². The molecule has 0 saturated carbocycles. The van der Waals surface area contributed by atoms with Gasteiger partial charge >= 0.3 is 6.61 Å². The molecule has 1 aliphatic rings. The van der Waals surface area contributed by atoms with E-state index in [9.17, 15) is 8.78 Å². The Bertz CT molecular complexity index is 457. The van der Waals surface area contributed by atoms with Gasteiger partial charge in [-0.2, -0.15) is 8.78 Å². The number of nitrogens with zero attached hydrogens (tertiary/aromatic N) is 1. The van der Waals surface area contributed by atoms with E-state index in [1.807, 2.05) is 12.1 Å². The Morgan fingerprint density at radius 2 is 2.05 bits per heavy atom. The highest BCUT2D eigenvalue weighted by Gasteiger charge is 2.33. The van der Waals surface area contributed by atoms with Crippen molar-refractivity contribution in [2.45, 2.75) is 39.5 Å². The first-order valence-corrected chi connectivity index (χ1v) is 6.89. The first-order valence-electron chi connectivity index (χ1n) is 6.89. The number of para-hydroxylation sites is 1. The van der Waals surface area contributed by atoms with Crippen LogP contribution in [0.15, 0.2) is 24.3 Å². The third-order valence-corrected chi connectivity index (χ3v) is 3.97. The molecular formula is C15H23ClF2N2O. The van der Waals surface area contributed by atoms with Gasteiger partial charge in [0, 0.05) is 31.2 Å². The van der Waals surface area contributed by atoms with Crippen LogP contribution in [0.25, 0.3) is 0 Å². The van der Waals surface area contributed by atoms with Gasteiger partial charge in [-0.25, -0.2) is 0 Å². The summed E-state index contributed by atoms with van der Waals surface area (Å²) in [5.41, 5.74) is 6.94. The van der Waals surface area contributed by atoms with E-state index in [0.717, 1.165) is 25.1 Å². The summed E-state index contributed by atoms with van der Waals surface area (Å²) in [5, 5.41) is 0. The fraction of sp³-hybridized carbons (Fsp3) is 0.600. The number of halogens is 3. The fourth-order valence-corrected chi connectivity index (χ4v) is 2.71. The van der Waals surface area contributed by atoms with Crippen LogP contribution in [0, 0.1) is 5.41 Å². The average Bonchev–Trinajstić information content (AvgIpc) is 2.35. The molecule has 0 aliphatic carbocycles. The lowest BCUT2D eigenvalue weighted by atomic mass is 9.79. The molecule has 1 unspecified atom stereocenters. The maximum Gasteiger partial charge on any atom is 0.387 e. The molecule has 3 nitrogen and oxygen atoms in total. The predicted molar refractivity (Wildman–Crippen MR) is 82.0 cm³/mol. The maximum absolute atomic E-state index is 12.4. The SMILES string of the molecule is CC1(C)CN(Cc2ccccc2OC(F)F)CCC1N.Cl. The van der Waals surface area contributed by atoms with E-state index >= 15 is 0 Å². The summed E-state index contributed by atoms with van der Waals surface area (Å²) in [6, 6.07) is 7.15. The van der Waals surface area contributed by atoms with Crippen molar-refractivity contribution in [3.05, 3.63) is 29.8 Å². The molecule has 1 atom stereocenters. The smallest absolute Gasteiger partial charge is 0.387 e. The fourth-order valence-electron chi connectivity index (χ4n) is 2.71. The van der Waals surface area contributed by atoms with Crippen molar-refractivity contribution >= 4 is 12.4 Å². The maximum atomic E-state index is 12.4. The molecule has 0 bridgehead atoms. The van der Waals surface area contributed by atoms with Gasteiger partial charge in [-0.15, -0.1) is 12.4 Å². The van der Waals surface area contributed by atoms with Gasteiger partial charge in [0.1, 0.15) is 5.75 Å². The van der Waals surface area contributed by atoms with Gasteiger partial charge < -0.3 is 10.5 Å². The van der Waals surface area contributed by atoms with Crippen LogP contribution in [-0.2, 0) is 6.54 Å². The highest BCUT2D eigenvalue weighted by atomic mass is 35.5. The second kappa shape index (κ2) is 7.38. The Labute approximate surface area is 130 Å².